The van der Waals surface area contributed by atoms with Gasteiger partial charge in [0.25, 0.3) is 0 Å². The standard InChI is InChI=1S/C15H19NO3/c1-9-6-10(2)8-11(7-9)16-14(17)12-4-3-5-13(12)15(18)19/h6-8,12-13H,3-5H2,1-2H3,(H,16,17)(H,18,19)/t12-,13+/m1/s1. The van der Waals surface area contributed by atoms with Crippen LogP contribution in [0, 0.1) is 25.7 Å². The Kier molecular flexibility index (Phi) is 3.88. The lowest BCUT2D eigenvalue weighted by Crippen LogP contribution is -2.30. The zero-order chi connectivity index (χ0) is 14.0. The summed E-state index contributed by atoms with van der Waals surface area (Å²) in [5, 5.41) is 12.0. The second-order valence-electron chi connectivity index (χ2n) is 5.35. The molecule has 1 fully saturated rings. The fraction of sp³-hybridized carbons (Fsp3) is 0.467. The zero-order valence-corrected chi connectivity index (χ0v) is 11.3. The van der Waals surface area contributed by atoms with Crippen LogP contribution in [0.2, 0.25) is 0 Å². The topological polar surface area (TPSA) is 66.4 Å². The molecule has 0 unspecified atom stereocenters. The van der Waals surface area contributed by atoms with Crippen molar-refractivity contribution in [1.82, 2.24) is 0 Å². The minimum Gasteiger partial charge on any atom is -0.481 e. The van der Waals surface area contributed by atoms with Crippen molar-refractivity contribution in [2.45, 2.75) is 33.1 Å². The number of hydrogen-bond acceptors (Lipinski definition) is 2. The molecule has 1 amide bonds. The molecule has 4 heteroatoms. The second kappa shape index (κ2) is 5.43. The van der Waals surface area contributed by atoms with E-state index in [2.05, 4.69) is 5.32 Å². The lowest BCUT2D eigenvalue weighted by atomic mass is 9.95. The van der Waals surface area contributed by atoms with Gasteiger partial charge in [-0.05, 0) is 49.9 Å². The minimum atomic E-state index is -0.863. The number of carboxylic acids is 1. The van der Waals surface area contributed by atoms with E-state index in [1.807, 2.05) is 32.0 Å². The Bertz CT molecular complexity index is 490. The molecule has 2 rings (SSSR count). The maximum absolute atomic E-state index is 12.2. The average Bonchev–Trinajstić information content (AvgIpc) is 2.75. The normalized spacial score (nSPS) is 22.2. The summed E-state index contributed by atoms with van der Waals surface area (Å²) in [5.41, 5.74) is 2.91. The van der Waals surface area contributed by atoms with Crippen LogP contribution in [0.3, 0.4) is 0 Å². The van der Waals surface area contributed by atoms with Gasteiger partial charge in [-0.3, -0.25) is 9.59 Å². The molecule has 0 spiro atoms. The number of aliphatic carboxylic acids is 1. The van der Waals surface area contributed by atoms with Crippen molar-refractivity contribution < 1.29 is 14.7 Å². The molecule has 0 aromatic heterocycles. The van der Waals surface area contributed by atoms with Gasteiger partial charge in [-0.15, -0.1) is 0 Å². The molecular weight excluding hydrogens is 242 g/mol. The number of anilines is 1. The summed E-state index contributed by atoms with van der Waals surface area (Å²) in [6, 6.07) is 5.83. The molecule has 1 aromatic carbocycles. The molecule has 1 aliphatic carbocycles. The van der Waals surface area contributed by atoms with E-state index in [0.717, 1.165) is 23.2 Å². The van der Waals surface area contributed by atoms with Crippen LogP contribution in [0.5, 0.6) is 0 Å². The Morgan fingerprint density at radius 3 is 2.26 bits per heavy atom. The van der Waals surface area contributed by atoms with Crippen molar-refractivity contribution in [2.24, 2.45) is 11.8 Å². The molecular formula is C15H19NO3. The third kappa shape index (κ3) is 3.13. The van der Waals surface area contributed by atoms with Crippen molar-refractivity contribution in [3.8, 4) is 0 Å². The number of rotatable bonds is 3. The molecule has 2 atom stereocenters. The number of amides is 1. The number of benzene rings is 1. The Morgan fingerprint density at radius 1 is 1.11 bits per heavy atom. The van der Waals surface area contributed by atoms with Crippen LogP contribution in [0.15, 0.2) is 18.2 Å². The van der Waals surface area contributed by atoms with Crippen molar-refractivity contribution in [3.63, 3.8) is 0 Å². The lowest BCUT2D eigenvalue weighted by Gasteiger charge is -2.16. The lowest BCUT2D eigenvalue weighted by molar-refractivity contribution is -0.145. The van der Waals surface area contributed by atoms with Crippen molar-refractivity contribution >= 4 is 17.6 Å². The monoisotopic (exact) mass is 261 g/mol. The van der Waals surface area contributed by atoms with E-state index in [1.54, 1.807) is 0 Å². The number of aryl methyl sites for hydroxylation is 2. The molecule has 1 saturated carbocycles. The fourth-order valence-electron chi connectivity index (χ4n) is 2.85. The van der Waals surface area contributed by atoms with Gasteiger partial charge in [0, 0.05) is 5.69 Å². The van der Waals surface area contributed by atoms with Gasteiger partial charge in [0.05, 0.1) is 11.8 Å². The Balaban J connectivity index is 2.10. The van der Waals surface area contributed by atoms with Gasteiger partial charge in [-0.1, -0.05) is 12.5 Å². The summed E-state index contributed by atoms with van der Waals surface area (Å²) < 4.78 is 0. The van der Waals surface area contributed by atoms with Crippen LogP contribution >= 0.6 is 0 Å². The third-order valence-corrected chi connectivity index (χ3v) is 3.66. The highest BCUT2D eigenvalue weighted by atomic mass is 16.4. The largest absolute Gasteiger partial charge is 0.481 e. The first-order chi connectivity index (χ1) is 8.97. The molecule has 0 bridgehead atoms. The number of hydrogen-bond donors (Lipinski definition) is 2. The molecule has 1 aromatic rings. The van der Waals surface area contributed by atoms with E-state index < -0.39 is 17.8 Å². The number of carbonyl (C=O) groups is 2. The van der Waals surface area contributed by atoms with Crippen molar-refractivity contribution in [1.29, 1.82) is 0 Å². The van der Waals surface area contributed by atoms with Crippen LogP contribution in [-0.2, 0) is 9.59 Å². The minimum absolute atomic E-state index is 0.171. The van der Waals surface area contributed by atoms with Crippen LogP contribution in [0.1, 0.15) is 30.4 Å². The number of carbonyl (C=O) groups excluding carboxylic acids is 1. The average molecular weight is 261 g/mol. The Morgan fingerprint density at radius 2 is 1.68 bits per heavy atom. The Hall–Kier alpha value is -1.84. The molecule has 1 aliphatic rings. The molecule has 2 N–H and O–H groups in total. The molecule has 0 radical (unpaired) electrons. The highest BCUT2D eigenvalue weighted by Gasteiger charge is 2.37. The quantitative estimate of drug-likeness (QED) is 0.879. The molecule has 0 saturated heterocycles. The fourth-order valence-corrected chi connectivity index (χ4v) is 2.85. The number of nitrogens with one attached hydrogen (secondary N) is 1. The van der Waals surface area contributed by atoms with Crippen LogP contribution in [0.4, 0.5) is 5.69 Å². The summed E-state index contributed by atoms with van der Waals surface area (Å²) in [4.78, 5) is 23.3. The van der Waals surface area contributed by atoms with E-state index >= 15 is 0 Å². The maximum Gasteiger partial charge on any atom is 0.307 e. The summed E-state index contributed by atoms with van der Waals surface area (Å²) in [6.07, 6.45) is 2.07. The van der Waals surface area contributed by atoms with Gasteiger partial charge in [-0.25, -0.2) is 0 Å². The van der Waals surface area contributed by atoms with Crippen LogP contribution in [-0.4, -0.2) is 17.0 Å². The van der Waals surface area contributed by atoms with Gasteiger partial charge >= 0.3 is 5.97 Å². The van der Waals surface area contributed by atoms with E-state index in [1.165, 1.54) is 0 Å². The molecule has 102 valence electrons. The number of carboxylic acid groups (broad SMARTS) is 1. The highest BCUT2D eigenvalue weighted by molar-refractivity contribution is 5.95. The van der Waals surface area contributed by atoms with E-state index in [4.69, 9.17) is 5.11 Å². The molecule has 0 heterocycles. The SMILES string of the molecule is Cc1cc(C)cc(NC(=O)[C@@H]2CCC[C@@H]2C(=O)O)c1. The van der Waals surface area contributed by atoms with E-state index in [9.17, 15) is 9.59 Å². The van der Waals surface area contributed by atoms with E-state index in [-0.39, 0.29) is 5.91 Å². The van der Waals surface area contributed by atoms with Gasteiger partial charge in [0.1, 0.15) is 0 Å². The predicted molar refractivity (Wildman–Crippen MR) is 73.0 cm³/mol. The highest BCUT2D eigenvalue weighted by Crippen LogP contribution is 2.33. The first kappa shape index (κ1) is 13.6. The summed E-state index contributed by atoms with van der Waals surface area (Å²) in [6.45, 7) is 3.94. The first-order valence-corrected chi connectivity index (χ1v) is 6.59. The van der Waals surface area contributed by atoms with E-state index in [0.29, 0.717) is 12.8 Å². The van der Waals surface area contributed by atoms with Crippen LogP contribution in [0.25, 0.3) is 0 Å². The second-order valence-corrected chi connectivity index (χ2v) is 5.35. The maximum atomic E-state index is 12.2. The summed E-state index contributed by atoms with van der Waals surface area (Å²) in [5.74, 6) is -1.97. The van der Waals surface area contributed by atoms with Crippen LogP contribution < -0.4 is 5.32 Å². The third-order valence-electron chi connectivity index (χ3n) is 3.66. The molecule has 19 heavy (non-hydrogen) atoms. The predicted octanol–water partition coefficient (Wildman–Crippen LogP) is 2.74. The first-order valence-electron chi connectivity index (χ1n) is 6.59. The molecule has 4 nitrogen and oxygen atoms in total. The smallest absolute Gasteiger partial charge is 0.307 e. The Labute approximate surface area is 112 Å². The van der Waals surface area contributed by atoms with Crippen molar-refractivity contribution in [2.75, 3.05) is 5.32 Å². The van der Waals surface area contributed by atoms with Gasteiger partial charge < -0.3 is 10.4 Å². The van der Waals surface area contributed by atoms with Crippen molar-refractivity contribution in [3.05, 3.63) is 29.3 Å². The zero-order valence-electron chi connectivity index (χ0n) is 11.3. The van der Waals surface area contributed by atoms with Gasteiger partial charge in [-0.2, -0.15) is 0 Å². The van der Waals surface area contributed by atoms with Gasteiger partial charge in [0.15, 0.2) is 0 Å². The van der Waals surface area contributed by atoms with Gasteiger partial charge in [0.2, 0.25) is 5.91 Å². The summed E-state index contributed by atoms with van der Waals surface area (Å²) >= 11 is 0. The molecule has 0 aliphatic heterocycles. The summed E-state index contributed by atoms with van der Waals surface area (Å²) in [7, 11) is 0.